The molecule has 21 heavy (non-hydrogen) atoms. The molecular weight excluding hydrogens is 277 g/mol. The lowest BCUT2D eigenvalue weighted by Gasteiger charge is -2.10. The molecule has 0 aromatic heterocycles. The highest BCUT2D eigenvalue weighted by atomic mass is 19.1. The average Bonchev–Trinajstić information content (AvgIpc) is 2.46. The van der Waals surface area contributed by atoms with E-state index in [-0.39, 0.29) is 11.4 Å². The molecule has 7 heteroatoms. The van der Waals surface area contributed by atoms with Crippen LogP contribution < -0.4 is 10.6 Å². The maximum absolute atomic E-state index is 13.2. The number of amides is 1. The first-order chi connectivity index (χ1) is 10.0. The zero-order valence-corrected chi connectivity index (χ0v) is 11.1. The number of nitro benzene ring substituents is 1. The van der Waals surface area contributed by atoms with E-state index in [4.69, 9.17) is 0 Å². The third-order valence-electron chi connectivity index (χ3n) is 2.84. The highest BCUT2D eigenvalue weighted by molar-refractivity contribution is 6.08. The minimum atomic E-state index is -0.682. The Morgan fingerprint density at radius 1 is 1.19 bits per heavy atom. The van der Waals surface area contributed by atoms with Crippen LogP contribution in [-0.2, 0) is 0 Å². The zero-order chi connectivity index (χ0) is 15.4. The van der Waals surface area contributed by atoms with Crippen molar-refractivity contribution >= 4 is 23.0 Å². The number of benzene rings is 2. The largest absolute Gasteiger partial charge is 0.387 e. The second kappa shape index (κ2) is 6.00. The Balaban J connectivity index is 2.36. The van der Waals surface area contributed by atoms with Crippen molar-refractivity contribution in [1.29, 1.82) is 0 Å². The molecule has 0 bridgehead atoms. The van der Waals surface area contributed by atoms with Crippen LogP contribution in [0.2, 0.25) is 0 Å². The summed E-state index contributed by atoms with van der Waals surface area (Å²) in [7, 11) is 1.65. The van der Waals surface area contributed by atoms with Crippen molar-refractivity contribution in [3.63, 3.8) is 0 Å². The number of hydrogen-bond acceptors (Lipinski definition) is 4. The van der Waals surface area contributed by atoms with Crippen LogP contribution in [-0.4, -0.2) is 17.9 Å². The van der Waals surface area contributed by atoms with Gasteiger partial charge in [0.15, 0.2) is 0 Å². The molecule has 0 aliphatic heterocycles. The van der Waals surface area contributed by atoms with Crippen LogP contribution in [0.5, 0.6) is 0 Å². The summed E-state index contributed by atoms with van der Waals surface area (Å²) in [4.78, 5) is 22.4. The van der Waals surface area contributed by atoms with Gasteiger partial charge in [-0.15, -0.1) is 0 Å². The first-order valence-corrected chi connectivity index (χ1v) is 6.05. The lowest BCUT2D eigenvalue weighted by molar-refractivity contribution is -0.384. The number of carbonyl (C=O) groups is 1. The Labute approximate surface area is 119 Å². The molecule has 1 amide bonds. The van der Waals surface area contributed by atoms with Crippen molar-refractivity contribution in [2.45, 2.75) is 0 Å². The number of hydrogen-bond donors (Lipinski definition) is 2. The molecule has 0 aliphatic rings. The van der Waals surface area contributed by atoms with Gasteiger partial charge in [0.2, 0.25) is 0 Å². The Bertz CT molecular complexity index is 704. The molecule has 2 aromatic rings. The fraction of sp³-hybridized carbons (Fsp3) is 0.0714. The van der Waals surface area contributed by atoms with Crippen molar-refractivity contribution in [2.24, 2.45) is 0 Å². The lowest BCUT2D eigenvalue weighted by atomic mass is 10.1. The fourth-order valence-electron chi connectivity index (χ4n) is 1.86. The van der Waals surface area contributed by atoms with Crippen LogP contribution in [0.4, 0.5) is 21.5 Å². The van der Waals surface area contributed by atoms with E-state index in [0.29, 0.717) is 11.3 Å². The quantitative estimate of drug-likeness (QED) is 0.669. The predicted molar refractivity (Wildman–Crippen MR) is 77.0 cm³/mol. The Hall–Kier alpha value is -2.96. The standard InChI is InChI=1S/C14H12FN3O3/c1-16-11-5-3-2-4-10(11)14(19)17-12-8-9(15)6-7-13(12)18(20)21/h2-8,16H,1H3,(H,17,19). The van der Waals surface area contributed by atoms with Crippen LogP contribution in [0.3, 0.4) is 0 Å². The number of nitrogens with one attached hydrogen (secondary N) is 2. The number of anilines is 2. The number of halogens is 1. The highest BCUT2D eigenvalue weighted by Gasteiger charge is 2.18. The first kappa shape index (κ1) is 14.4. The minimum Gasteiger partial charge on any atom is -0.387 e. The fourth-order valence-corrected chi connectivity index (χ4v) is 1.86. The van der Waals surface area contributed by atoms with Gasteiger partial charge in [-0.25, -0.2) is 4.39 Å². The molecule has 2 aromatic carbocycles. The maximum atomic E-state index is 13.2. The number of nitrogens with zero attached hydrogens (tertiary/aromatic N) is 1. The topological polar surface area (TPSA) is 84.3 Å². The van der Waals surface area contributed by atoms with Gasteiger partial charge < -0.3 is 10.6 Å². The predicted octanol–water partition coefficient (Wildman–Crippen LogP) is 3.03. The third-order valence-corrected chi connectivity index (χ3v) is 2.84. The molecule has 0 saturated heterocycles. The van der Waals surface area contributed by atoms with Crippen LogP contribution >= 0.6 is 0 Å². The van der Waals surface area contributed by atoms with E-state index < -0.39 is 16.6 Å². The van der Waals surface area contributed by atoms with Gasteiger partial charge in [-0.3, -0.25) is 14.9 Å². The lowest BCUT2D eigenvalue weighted by Crippen LogP contribution is -2.15. The normalized spacial score (nSPS) is 10.0. The minimum absolute atomic E-state index is 0.184. The molecule has 2 rings (SSSR count). The monoisotopic (exact) mass is 289 g/mol. The van der Waals surface area contributed by atoms with Gasteiger partial charge in [-0.2, -0.15) is 0 Å². The summed E-state index contributed by atoms with van der Waals surface area (Å²) in [6.07, 6.45) is 0. The number of para-hydroxylation sites is 1. The van der Waals surface area contributed by atoms with E-state index in [1.165, 1.54) is 0 Å². The first-order valence-electron chi connectivity index (χ1n) is 6.05. The van der Waals surface area contributed by atoms with E-state index in [1.807, 2.05) is 0 Å². The smallest absolute Gasteiger partial charge is 0.292 e. The van der Waals surface area contributed by atoms with E-state index in [1.54, 1.807) is 31.3 Å². The molecule has 2 N–H and O–H groups in total. The van der Waals surface area contributed by atoms with Gasteiger partial charge in [0.1, 0.15) is 11.5 Å². The van der Waals surface area contributed by atoms with Gasteiger partial charge in [0.25, 0.3) is 11.6 Å². The molecule has 108 valence electrons. The van der Waals surface area contributed by atoms with Gasteiger partial charge in [-0.1, -0.05) is 12.1 Å². The summed E-state index contributed by atoms with van der Waals surface area (Å²) in [5, 5.41) is 16.1. The van der Waals surface area contributed by atoms with Crippen LogP contribution in [0.1, 0.15) is 10.4 Å². The molecule has 0 unspecified atom stereocenters. The van der Waals surface area contributed by atoms with Crippen molar-refractivity contribution in [1.82, 2.24) is 0 Å². The SMILES string of the molecule is CNc1ccccc1C(=O)Nc1cc(F)ccc1[N+](=O)[O-]. The van der Waals surface area contributed by atoms with Crippen molar-refractivity contribution in [3.8, 4) is 0 Å². The van der Waals surface area contributed by atoms with Crippen LogP contribution in [0, 0.1) is 15.9 Å². The molecule has 0 fully saturated rings. The summed E-state index contributed by atoms with van der Waals surface area (Å²) in [6, 6.07) is 9.55. The maximum Gasteiger partial charge on any atom is 0.292 e. The van der Waals surface area contributed by atoms with Crippen LogP contribution in [0.15, 0.2) is 42.5 Å². The number of carbonyl (C=O) groups excluding carboxylic acids is 1. The van der Waals surface area contributed by atoms with E-state index in [9.17, 15) is 19.3 Å². The molecule has 6 nitrogen and oxygen atoms in total. The van der Waals surface area contributed by atoms with Gasteiger partial charge in [0.05, 0.1) is 10.5 Å². The molecular formula is C14H12FN3O3. The van der Waals surface area contributed by atoms with Crippen molar-refractivity contribution in [2.75, 3.05) is 17.7 Å². The van der Waals surface area contributed by atoms with Gasteiger partial charge in [-0.05, 0) is 18.2 Å². The second-order valence-corrected chi connectivity index (χ2v) is 4.17. The average molecular weight is 289 g/mol. The molecule has 0 heterocycles. The third kappa shape index (κ3) is 3.14. The van der Waals surface area contributed by atoms with Crippen molar-refractivity contribution in [3.05, 3.63) is 64.0 Å². The Kier molecular flexibility index (Phi) is 4.13. The molecule has 0 saturated carbocycles. The van der Waals surface area contributed by atoms with Gasteiger partial charge in [0, 0.05) is 24.9 Å². The Morgan fingerprint density at radius 3 is 2.57 bits per heavy atom. The zero-order valence-electron chi connectivity index (χ0n) is 11.1. The summed E-state index contributed by atoms with van der Waals surface area (Å²) >= 11 is 0. The summed E-state index contributed by atoms with van der Waals surface area (Å²) < 4.78 is 13.2. The number of nitro groups is 1. The Morgan fingerprint density at radius 2 is 1.90 bits per heavy atom. The van der Waals surface area contributed by atoms with E-state index >= 15 is 0 Å². The summed E-state index contributed by atoms with van der Waals surface area (Å²) in [6.45, 7) is 0. The molecule has 0 radical (unpaired) electrons. The molecule has 0 spiro atoms. The van der Waals surface area contributed by atoms with E-state index in [0.717, 1.165) is 18.2 Å². The molecule has 0 atom stereocenters. The number of rotatable bonds is 4. The van der Waals surface area contributed by atoms with Gasteiger partial charge >= 0.3 is 0 Å². The van der Waals surface area contributed by atoms with E-state index in [2.05, 4.69) is 10.6 Å². The van der Waals surface area contributed by atoms with Crippen molar-refractivity contribution < 1.29 is 14.1 Å². The summed E-state index contributed by atoms with van der Waals surface area (Å²) in [5.74, 6) is -1.23. The van der Waals surface area contributed by atoms with Crippen LogP contribution in [0.25, 0.3) is 0 Å². The molecule has 0 aliphatic carbocycles. The highest BCUT2D eigenvalue weighted by Crippen LogP contribution is 2.26. The second-order valence-electron chi connectivity index (χ2n) is 4.17. The summed E-state index contributed by atoms with van der Waals surface area (Å²) in [5.41, 5.74) is 0.315.